The van der Waals surface area contributed by atoms with Crippen LogP contribution in [-0.4, -0.2) is 30.9 Å². The molecule has 4 aromatic carbocycles. The van der Waals surface area contributed by atoms with E-state index >= 15 is 0 Å². The van der Waals surface area contributed by atoms with Gasteiger partial charge < -0.3 is 19.9 Å². The number of rotatable bonds is 13. The zero-order valence-corrected chi connectivity index (χ0v) is 25.4. The van der Waals surface area contributed by atoms with E-state index in [4.69, 9.17) is 31.5 Å². The van der Waals surface area contributed by atoms with Gasteiger partial charge in [-0.05, 0) is 73.2 Å². The van der Waals surface area contributed by atoms with Gasteiger partial charge in [-0.1, -0.05) is 78.3 Å². The fourth-order valence-corrected chi connectivity index (χ4v) is 5.63. The summed E-state index contributed by atoms with van der Waals surface area (Å²) in [6.07, 6.45) is 3.43. The van der Waals surface area contributed by atoms with Crippen LogP contribution in [0.1, 0.15) is 52.7 Å². The highest BCUT2D eigenvalue weighted by Crippen LogP contribution is 2.33. The summed E-state index contributed by atoms with van der Waals surface area (Å²) in [6, 6.07) is 29.8. The molecule has 0 atom stereocenters. The fourth-order valence-electron chi connectivity index (χ4n) is 5.47. The Balaban J connectivity index is 1.16. The minimum atomic E-state index is 0.0405. The van der Waals surface area contributed by atoms with Crippen molar-refractivity contribution in [1.29, 1.82) is 0 Å². The molecule has 0 radical (unpaired) electrons. The number of methoxy groups -OCH3 is 1. The number of benzene rings is 4. The van der Waals surface area contributed by atoms with E-state index in [-0.39, 0.29) is 5.78 Å². The van der Waals surface area contributed by atoms with Crippen molar-refractivity contribution < 1.29 is 19.0 Å². The van der Waals surface area contributed by atoms with E-state index in [1.54, 1.807) is 19.2 Å². The zero-order valence-electron chi connectivity index (χ0n) is 24.6. The lowest BCUT2D eigenvalue weighted by atomic mass is 9.90. The van der Waals surface area contributed by atoms with Gasteiger partial charge in [0.15, 0.2) is 17.3 Å². The van der Waals surface area contributed by atoms with Crippen LogP contribution in [-0.2, 0) is 19.8 Å². The number of carbonyl (C=O) groups is 1. The molecule has 1 fully saturated rings. The van der Waals surface area contributed by atoms with E-state index < -0.39 is 0 Å². The molecule has 6 nitrogen and oxygen atoms in total. The number of piperidine rings is 1. The Morgan fingerprint density at radius 3 is 2.07 bits per heavy atom. The molecular weight excluding hydrogens is 560 g/mol. The molecule has 1 saturated heterocycles. The lowest BCUT2D eigenvalue weighted by Crippen LogP contribution is -2.33. The Bertz CT molecular complexity index is 1490. The first kappa shape index (κ1) is 30.5. The van der Waals surface area contributed by atoms with E-state index in [9.17, 15) is 4.79 Å². The van der Waals surface area contributed by atoms with Gasteiger partial charge in [0.1, 0.15) is 19.0 Å². The first-order valence-electron chi connectivity index (χ1n) is 14.8. The van der Waals surface area contributed by atoms with E-state index in [0.717, 1.165) is 61.5 Å². The molecule has 0 spiro atoms. The second-order valence-corrected chi connectivity index (χ2v) is 11.5. The summed E-state index contributed by atoms with van der Waals surface area (Å²) in [4.78, 5) is 15.4. The Morgan fingerprint density at radius 1 is 0.814 bits per heavy atom. The molecule has 0 saturated carbocycles. The highest BCUT2D eigenvalue weighted by molar-refractivity contribution is 6.33. The number of nitrogens with two attached hydrogens (primary N) is 1. The number of hydrogen-bond donors (Lipinski definition) is 1. The van der Waals surface area contributed by atoms with Crippen molar-refractivity contribution in [3.8, 4) is 17.2 Å². The number of nitrogen functional groups attached to an aromatic ring is 1. The number of anilines is 1. The van der Waals surface area contributed by atoms with Gasteiger partial charge >= 0.3 is 0 Å². The summed E-state index contributed by atoms with van der Waals surface area (Å²) < 4.78 is 17.8. The Morgan fingerprint density at radius 2 is 1.44 bits per heavy atom. The molecule has 5 rings (SSSR count). The fraction of sp³-hybridized carbons (Fsp3) is 0.306. The minimum Gasteiger partial charge on any atom is -0.496 e. The van der Waals surface area contributed by atoms with Crippen LogP contribution in [0, 0.1) is 5.92 Å². The average Bonchev–Trinajstić information content (AvgIpc) is 3.04. The third kappa shape index (κ3) is 8.53. The number of hydrogen-bond acceptors (Lipinski definition) is 6. The van der Waals surface area contributed by atoms with Crippen molar-refractivity contribution in [2.24, 2.45) is 5.92 Å². The van der Waals surface area contributed by atoms with Crippen molar-refractivity contribution in [1.82, 2.24) is 4.90 Å². The Hall–Kier alpha value is -4.00. The maximum atomic E-state index is 13.0. The maximum Gasteiger partial charge on any atom is 0.166 e. The smallest absolute Gasteiger partial charge is 0.166 e. The number of ether oxygens (including phenoxy) is 3. The van der Waals surface area contributed by atoms with E-state index in [0.29, 0.717) is 47.6 Å². The highest BCUT2D eigenvalue weighted by atomic mass is 35.5. The molecule has 1 heterocycles. The van der Waals surface area contributed by atoms with Gasteiger partial charge in [0.25, 0.3) is 0 Å². The van der Waals surface area contributed by atoms with Crippen molar-refractivity contribution in [3.63, 3.8) is 0 Å². The standard InChI is InChI=1S/C36H39ClN2O4/c1-41-35-22-32(38)31(37)21-30(35)33(40)14-12-26-16-18-39(19-17-26)23-29-13-15-34(42-24-27-8-4-2-5-9-27)36(20-29)43-25-28-10-6-3-7-11-28/h2-11,13,15,20-22,26H,12,14,16-19,23-25,38H2,1H3. The van der Waals surface area contributed by atoms with Crippen molar-refractivity contribution in [2.45, 2.75) is 45.4 Å². The number of carbonyl (C=O) groups excluding carboxylic acids is 1. The number of halogens is 1. The van der Waals surface area contributed by atoms with Crippen LogP contribution in [0.15, 0.2) is 91.0 Å². The lowest BCUT2D eigenvalue weighted by Gasteiger charge is -2.32. The van der Waals surface area contributed by atoms with E-state index in [2.05, 4.69) is 41.3 Å². The lowest BCUT2D eigenvalue weighted by molar-refractivity contribution is 0.0958. The molecule has 0 aromatic heterocycles. The molecule has 0 aliphatic carbocycles. The molecule has 2 N–H and O–H groups in total. The topological polar surface area (TPSA) is 74.0 Å². The molecule has 4 aromatic rings. The van der Waals surface area contributed by atoms with Crippen LogP contribution in [0.25, 0.3) is 0 Å². The van der Waals surface area contributed by atoms with Gasteiger partial charge in [0, 0.05) is 19.0 Å². The molecular formula is C36H39ClN2O4. The summed E-state index contributed by atoms with van der Waals surface area (Å²) in [7, 11) is 1.54. The number of ketones is 1. The van der Waals surface area contributed by atoms with Crippen molar-refractivity contribution in [3.05, 3.63) is 118 Å². The van der Waals surface area contributed by atoms with Gasteiger partial charge in [-0.25, -0.2) is 0 Å². The van der Waals surface area contributed by atoms with Crippen LogP contribution < -0.4 is 19.9 Å². The predicted molar refractivity (Wildman–Crippen MR) is 172 cm³/mol. The van der Waals surface area contributed by atoms with Gasteiger partial charge in [-0.3, -0.25) is 9.69 Å². The Kier molecular flexibility index (Phi) is 10.6. The number of Topliss-reactive ketones (excluding diaryl/α,β-unsaturated/α-hetero) is 1. The van der Waals surface area contributed by atoms with Crippen molar-refractivity contribution >= 4 is 23.1 Å². The number of likely N-dealkylation sites (tertiary alicyclic amines) is 1. The number of nitrogens with zero attached hydrogens (tertiary/aromatic N) is 1. The summed E-state index contributed by atoms with van der Waals surface area (Å²) in [5.74, 6) is 2.52. The van der Waals surface area contributed by atoms with Gasteiger partial charge in [0.05, 0.1) is 23.4 Å². The summed E-state index contributed by atoms with van der Waals surface area (Å²) in [5, 5.41) is 0.377. The van der Waals surface area contributed by atoms with Crippen LogP contribution >= 0.6 is 11.6 Å². The summed E-state index contributed by atoms with van der Waals surface area (Å²) in [6.45, 7) is 3.78. The van der Waals surface area contributed by atoms with Crippen LogP contribution in [0.5, 0.6) is 17.2 Å². The van der Waals surface area contributed by atoms with Crippen molar-refractivity contribution in [2.75, 3.05) is 25.9 Å². The largest absolute Gasteiger partial charge is 0.496 e. The average molecular weight is 599 g/mol. The summed E-state index contributed by atoms with van der Waals surface area (Å²) >= 11 is 6.17. The second-order valence-electron chi connectivity index (χ2n) is 11.1. The van der Waals surface area contributed by atoms with Gasteiger partial charge in [-0.15, -0.1) is 0 Å². The SMILES string of the molecule is COc1cc(N)c(Cl)cc1C(=O)CCC1CCN(Cc2ccc(OCc3ccccc3)c(OCc3ccccc3)c2)CC1. The minimum absolute atomic E-state index is 0.0405. The third-order valence-electron chi connectivity index (χ3n) is 7.99. The quantitative estimate of drug-likeness (QED) is 0.124. The predicted octanol–water partition coefficient (Wildman–Crippen LogP) is 7.96. The maximum absolute atomic E-state index is 13.0. The molecule has 0 amide bonds. The highest BCUT2D eigenvalue weighted by Gasteiger charge is 2.22. The molecule has 1 aliphatic rings. The van der Waals surface area contributed by atoms with Gasteiger partial charge in [0.2, 0.25) is 0 Å². The molecule has 224 valence electrons. The second kappa shape index (κ2) is 14.9. The molecule has 0 unspecified atom stereocenters. The molecule has 0 bridgehead atoms. The summed E-state index contributed by atoms with van der Waals surface area (Å²) in [5.41, 5.74) is 10.2. The van der Waals surface area contributed by atoms with Crippen LogP contribution in [0.2, 0.25) is 5.02 Å². The zero-order chi connectivity index (χ0) is 30.0. The molecule has 1 aliphatic heterocycles. The molecule has 7 heteroatoms. The van der Waals surface area contributed by atoms with Crippen LogP contribution in [0.3, 0.4) is 0 Å². The normalized spacial score (nSPS) is 13.9. The molecule has 43 heavy (non-hydrogen) atoms. The first-order valence-corrected chi connectivity index (χ1v) is 15.2. The van der Waals surface area contributed by atoms with E-state index in [1.807, 2.05) is 42.5 Å². The Labute approximate surface area is 259 Å². The van der Waals surface area contributed by atoms with Crippen LogP contribution in [0.4, 0.5) is 5.69 Å². The first-order chi connectivity index (χ1) is 21.0. The van der Waals surface area contributed by atoms with E-state index in [1.165, 1.54) is 5.56 Å². The van der Waals surface area contributed by atoms with Gasteiger partial charge in [-0.2, -0.15) is 0 Å². The third-order valence-corrected chi connectivity index (χ3v) is 8.32. The monoisotopic (exact) mass is 598 g/mol.